The van der Waals surface area contributed by atoms with Gasteiger partial charge in [0.25, 0.3) is 0 Å². The summed E-state index contributed by atoms with van der Waals surface area (Å²) in [6.07, 6.45) is 2.68. The summed E-state index contributed by atoms with van der Waals surface area (Å²) in [5, 5.41) is 7.50. The molecule has 26 heavy (non-hydrogen) atoms. The molecule has 6 heteroatoms. The van der Waals surface area contributed by atoms with E-state index in [0.717, 1.165) is 16.9 Å². The smallest absolute Gasteiger partial charge is 0.248 e. The highest BCUT2D eigenvalue weighted by molar-refractivity contribution is 5.99. The molecule has 0 saturated carbocycles. The van der Waals surface area contributed by atoms with E-state index in [0.29, 0.717) is 24.4 Å². The van der Waals surface area contributed by atoms with Crippen molar-refractivity contribution < 1.29 is 9.59 Å². The Morgan fingerprint density at radius 3 is 2.85 bits per heavy atom. The first kappa shape index (κ1) is 16.3. The molecule has 4 rings (SSSR count). The Balaban J connectivity index is 1.64. The topological polar surface area (TPSA) is 68.9 Å². The van der Waals surface area contributed by atoms with Crippen LogP contribution in [-0.2, 0) is 4.79 Å². The van der Waals surface area contributed by atoms with Crippen LogP contribution in [0.1, 0.15) is 40.6 Å². The summed E-state index contributed by atoms with van der Waals surface area (Å²) in [7, 11) is 0. The summed E-state index contributed by atoms with van der Waals surface area (Å²) in [4.78, 5) is 24.9. The van der Waals surface area contributed by atoms with Crippen LogP contribution in [0.2, 0.25) is 0 Å². The Morgan fingerprint density at radius 2 is 2.04 bits per heavy atom. The summed E-state index contributed by atoms with van der Waals surface area (Å²) in [5.74, 6) is 0.576. The summed E-state index contributed by atoms with van der Waals surface area (Å²) in [5.41, 5.74) is 3.44. The quantitative estimate of drug-likeness (QED) is 0.788. The minimum atomic E-state index is -0.390. The van der Waals surface area contributed by atoms with Gasteiger partial charge in [0.05, 0.1) is 17.1 Å². The first-order valence-electron chi connectivity index (χ1n) is 8.67. The predicted octanol–water partition coefficient (Wildman–Crippen LogP) is 3.45. The van der Waals surface area contributed by atoms with E-state index in [1.54, 1.807) is 27.6 Å². The van der Waals surface area contributed by atoms with Crippen LogP contribution in [-0.4, -0.2) is 26.0 Å². The van der Waals surface area contributed by atoms with Crippen LogP contribution < -0.4 is 5.32 Å². The van der Waals surface area contributed by atoms with Crippen molar-refractivity contribution in [1.29, 1.82) is 0 Å². The second-order valence-corrected chi connectivity index (χ2v) is 6.69. The number of anilines is 1. The zero-order valence-corrected chi connectivity index (χ0v) is 14.8. The largest absolute Gasteiger partial charge is 0.333 e. The predicted molar refractivity (Wildman–Crippen MR) is 98.7 cm³/mol. The van der Waals surface area contributed by atoms with Crippen molar-refractivity contribution in [3.8, 4) is 5.69 Å². The van der Waals surface area contributed by atoms with Gasteiger partial charge in [-0.2, -0.15) is 5.10 Å². The van der Waals surface area contributed by atoms with Gasteiger partial charge in [0.1, 0.15) is 11.9 Å². The number of amides is 1. The number of hydrogen-bond acceptors (Lipinski definition) is 3. The maximum atomic E-state index is 12.9. The third-order valence-electron chi connectivity index (χ3n) is 4.68. The van der Waals surface area contributed by atoms with E-state index in [-0.39, 0.29) is 17.7 Å². The van der Waals surface area contributed by atoms with Crippen molar-refractivity contribution in [3.63, 3.8) is 0 Å². The molecule has 6 nitrogen and oxygen atoms in total. The molecule has 0 bridgehead atoms. The molecule has 132 valence electrons. The first-order valence-corrected chi connectivity index (χ1v) is 8.67. The zero-order valence-electron chi connectivity index (χ0n) is 14.8. The molecule has 0 radical (unpaired) electrons. The fourth-order valence-electron chi connectivity index (χ4n) is 3.45. The third kappa shape index (κ3) is 2.83. The van der Waals surface area contributed by atoms with Crippen LogP contribution in [0.4, 0.5) is 5.82 Å². The molecule has 1 atom stereocenters. The Bertz CT molecular complexity index is 999. The molecule has 1 aliphatic heterocycles. The number of nitrogens with one attached hydrogen (secondary N) is 1. The van der Waals surface area contributed by atoms with Crippen LogP contribution in [0.3, 0.4) is 0 Å². The Hall–Kier alpha value is -3.15. The second kappa shape index (κ2) is 6.29. The van der Waals surface area contributed by atoms with E-state index < -0.39 is 0 Å². The molecule has 1 aliphatic rings. The molecular weight excluding hydrogens is 328 g/mol. The highest BCUT2D eigenvalue weighted by atomic mass is 16.2. The molecule has 3 aromatic rings. The third-order valence-corrected chi connectivity index (χ3v) is 4.68. The maximum Gasteiger partial charge on any atom is 0.248 e. The summed E-state index contributed by atoms with van der Waals surface area (Å²) in [6.45, 7) is 3.91. The molecule has 0 aliphatic carbocycles. The molecule has 3 heterocycles. The molecule has 0 unspecified atom stereocenters. The normalized spacial score (nSPS) is 16.4. The van der Waals surface area contributed by atoms with Crippen LogP contribution in [0, 0.1) is 13.8 Å². The van der Waals surface area contributed by atoms with E-state index in [1.807, 2.05) is 44.2 Å². The summed E-state index contributed by atoms with van der Waals surface area (Å²) >= 11 is 0. The number of ketones is 1. The van der Waals surface area contributed by atoms with Gasteiger partial charge in [0.15, 0.2) is 5.78 Å². The number of benzene rings is 1. The molecule has 0 spiro atoms. The monoisotopic (exact) mass is 348 g/mol. The van der Waals surface area contributed by atoms with Gasteiger partial charge in [0.2, 0.25) is 5.91 Å². The summed E-state index contributed by atoms with van der Waals surface area (Å²) < 4.78 is 3.51. The van der Waals surface area contributed by atoms with Gasteiger partial charge in [-0.1, -0.05) is 12.1 Å². The first-order chi connectivity index (χ1) is 12.5. The lowest BCUT2D eigenvalue weighted by molar-refractivity contribution is -0.119. The van der Waals surface area contributed by atoms with E-state index in [4.69, 9.17) is 0 Å². The number of Topliss-reactive ketones (excluding diaryl/α,β-unsaturated/α-hetero) is 1. The van der Waals surface area contributed by atoms with Crippen molar-refractivity contribution in [1.82, 2.24) is 14.3 Å². The lowest BCUT2D eigenvalue weighted by Gasteiger charge is -2.24. The highest BCUT2D eigenvalue weighted by Gasteiger charge is 2.30. The fraction of sp³-hybridized carbons (Fsp3) is 0.250. The van der Waals surface area contributed by atoms with Crippen molar-refractivity contribution in [2.45, 2.75) is 32.7 Å². The van der Waals surface area contributed by atoms with E-state index in [1.165, 1.54) is 0 Å². The number of nitrogens with zero attached hydrogens (tertiary/aromatic N) is 3. The average Bonchev–Trinajstić information content (AvgIpc) is 3.22. The lowest BCUT2D eigenvalue weighted by Crippen LogP contribution is -2.32. The maximum absolute atomic E-state index is 12.9. The Labute approximate surface area is 151 Å². The van der Waals surface area contributed by atoms with Crippen molar-refractivity contribution in [3.05, 3.63) is 65.6 Å². The van der Waals surface area contributed by atoms with Crippen LogP contribution >= 0.6 is 0 Å². The molecule has 2 aromatic heterocycles. The number of aromatic nitrogens is 3. The minimum Gasteiger partial charge on any atom is -0.333 e. The van der Waals surface area contributed by atoms with Crippen molar-refractivity contribution >= 4 is 17.5 Å². The lowest BCUT2D eigenvalue weighted by atomic mass is 10.0. The summed E-state index contributed by atoms with van der Waals surface area (Å²) in [6, 6.07) is 13.0. The van der Waals surface area contributed by atoms with Gasteiger partial charge in [-0.15, -0.1) is 0 Å². The van der Waals surface area contributed by atoms with Crippen LogP contribution in [0.25, 0.3) is 5.69 Å². The number of rotatable bonds is 3. The van der Waals surface area contributed by atoms with E-state index >= 15 is 0 Å². The number of hydrogen-bond donors (Lipinski definition) is 1. The van der Waals surface area contributed by atoms with E-state index in [9.17, 15) is 9.59 Å². The number of carbonyl (C=O) groups is 2. The van der Waals surface area contributed by atoms with Crippen molar-refractivity contribution in [2.75, 3.05) is 5.32 Å². The number of aryl methyl sites for hydroxylation is 2. The molecule has 1 amide bonds. The molecular formula is C20H20N4O2. The molecule has 1 N–H and O–H groups in total. The number of carbonyl (C=O) groups excluding carboxylic acids is 2. The van der Waals surface area contributed by atoms with Gasteiger partial charge in [-0.3, -0.25) is 9.59 Å². The highest BCUT2D eigenvalue weighted by Crippen LogP contribution is 2.27. The SMILES string of the molecule is Cc1cccc(-n2nc(C)cc2NC(=O)[C@H]2CCC(=O)c3cccn32)c1. The minimum absolute atomic E-state index is 0.0831. The standard InChI is InChI=1S/C20H20N4O2/c1-13-5-3-6-15(11-13)24-19(12-14(2)22-24)21-20(26)17-8-9-18(25)16-7-4-10-23(16)17/h3-7,10-12,17H,8-9H2,1-2H3,(H,21,26)/t17-/m1/s1. The van der Waals surface area contributed by atoms with Gasteiger partial charge in [-0.05, 0) is 50.1 Å². The van der Waals surface area contributed by atoms with Crippen LogP contribution in [0.15, 0.2) is 48.7 Å². The second-order valence-electron chi connectivity index (χ2n) is 6.69. The van der Waals surface area contributed by atoms with E-state index in [2.05, 4.69) is 10.4 Å². The molecule has 0 saturated heterocycles. The average molecular weight is 348 g/mol. The zero-order chi connectivity index (χ0) is 18.3. The van der Waals surface area contributed by atoms with Gasteiger partial charge in [-0.25, -0.2) is 4.68 Å². The fourth-order valence-corrected chi connectivity index (χ4v) is 3.45. The van der Waals surface area contributed by atoms with Gasteiger partial charge < -0.3 is 9.88 Å². The van der Waals surface area contributed by atoms with Crippen LogP contribution in [0.5, 0.6) is 0 Å². The Morgan fingerprint density at radius 1 is 1.19 bits per heavy atom. The molecule has 0 fully saturated rings. The van der Waals surface area contributed by atoms with Crippen molar-refractivity contribution in [2.24, 2.45) is 0 Å². The van der Waals surface area contributed by atoms with Gasteiger partial charge in [0, 0.05) is 18.7 Å². The number of fused-ring (bicyclic) bond motifs is 1. The van der Waals surface area contributed by atoms with Gasteiger partial charge >= 0.3 is 0 Å². The molecule has 1 aromatic carbocycles. The Kier molecular flexibility index (Phi) is 3.95.